The minimum atomic E-state index is -4.79. The fourth-order valence-corrected chi connectivity index (χ4v) is 6.33. The van der Waals surface area contributed by atoms with Gasteiger partial charge in [0.15, 0.2) is 0 Å². The van der Waals surface area contributed by atoms with E-state index in [1.54, 1.807) is 0 Å². The zero-order valence-electron chi connectivity index (χ0n) is 20.9. The van der Waals surface area contributed by atoms with Crippen molar-refractivity contribution in [2.24, 2.45) is 0 Å². The maximum Gasteiger partial charge on any atom is 0.445 e. The first-order chi connectivity index (χ1) is 17.2. The van der Waals surface area contributed by atoms with E-state index in [-0.39, 0.29) is 16.8 Å². The molecule has 0 aromatic rings. The lowest BCUT2D eigenvalue weighted by Gasteiger charge is -2.29. The predicted molar refractivity (Wildman–Crippen MR) is 152 cm³/mol. The van der Waals surface area contributed by atoms with E-state index in [0.717, 1.165) is 70.5 Å². The van der Waals surface area contributed by atoms with Crippen LogP contribution in [0.3, 0.4) is 0 Å². The summed E-state index contributed by atoms with van der Waals surface area (Å²) < 4.78 is 70.3. The first kappa shape index (κ1) is 37.8. The molecule has 0 bridgehead atoms. The van der Waals surface area contributed by atoms with Crippen molar-refractivity contribution in [3.05, 3.63) is 11.3 Å². The van der Waals surface area contributed by atoms with Crippen molar-refractivity contribution in [1.82, 2.24) is 0 Å². The Morgan fingerprint density at radius 1 is 0.784 bits per heavy atom. The fraction of sp³-hybridized carbons (Fsp3) is 0.909. The van der Waals surface area contributed by atoms with Crippen LogP contribution in [-0.4, -0.2) is 53.6 Å². The number of hydrogen-bond acceptors (Lipinski definition) is 6. The fourth-order valence-electron chi connectivity index (χ4n) is 3.62. The molecular weight excluding hydrogens is 634 g/mol. The highest BCUT2D eigenvalue weighted by Gasteiger charge is 2.36. The number of hydrogen-bond donors (Lipinski definition) is 2. The Labute approximate surface area is 247 Å². The third-order valence-electron chi connectivity index (χ3n) is 5.54. The summed E-state index contributed by atoms with van der Waals surface area (Å²) in [5.74, 6) is 0. The molecule has 0 radical (unpaired) electrons. The van der Waals surface area contributed by atoms with Gasteiger partial charge in [-0.25, -0.2) is 4.18 Å². The predicted octanol–water partition coefficient (Wildman–Crippen LogP) is 7.98. The van der Waals surface area contributed by atoms with Gasteiger partial charge in [-0.3, -0.25) is 9.11 Å². The molecule has 37 heavy (non-hydrogen) atoms. The Morgan fingerprint density at radius 3 is 1.89 bits per heavy atom. The van der Waals surface area contributed by atoms with Crippen molar-refractivity contribution in [2.45, 2.75) is 124 Å². The average Bonchev–Trinajstić information content (AvgIpc) is 2.78. The molecule has 0 aromatic carbocycles. The van der Waals surface area contributed by atoms with Crippen LogP contribution in [0.25, 0.3) is 0 Å². The van der Waals surface area contributed by atoms with E-state index in [4.69, 9.17) is 66.7 Å². The van der Waals surface area contributed by atoms with Crippen LogP contribution in [0, 0.1) is 0 Å². The van der Waals surface area contributed by atoms with Gasteiger partial charge in [-0.2, -0.15) is 16.8 Å². The van der Waals surface area contributed by atoms with E-state index in [0.29, 0.717) is 19.3 Å². The van der Waals surface area contributed by atoms with Crippen LogP contribution in [0.1, 0.15) is 96.8 Å². The molecule has 0 aromatic heterocycles. The van der Waals surface area contributed by atoms with E-state index < -0.39 is 43.0 Å². The Kier molecular flexibility index (Phi) is 21.0. The van der Waals surface area contributed by atoms with Gasteiger partial charge < -0.3 is 4.18 Å². The summed E-state index contributed by atoms with van der Waals surface area (Å²) in [6.45, 7) is 2.09. The number of rotatable bonds is 23. The van der Waals surface area contributed by atoms with E-state index in [2.05, 4.69) is 11.1 Å². The van der Waals surface area contributed by atoms with Crippen LogP contribution in [0.5, 0.6) is 0 Å². The highest BCUT2D eigenvalue weighted by molar-refractivity contribution is 7.81. The maximum atomic E-state index is 11.4. The highest BCUT2D eigenvalue weighted by Crippen LogP contribution is 2.30. The zero-order chi connectivity index (χ0) is 28.5. The molecule has 5 atom stereocenters. The number of unbranched alkanes of at least 4 members (excludes halogenated alkanes) is 8. The monoisotopic (exact) mass is 670 g/mol. The summed E-state index contributed by atoms with van der Waals surface area (Å²) in [5, 5.41) is -2.53. The second kappa shape index (κ2) is 20.6. The molecule has 0 fully saturated rings. The molecule has 222 valence electrons. The van der Waals surface area contributed by atoms with Crippen LogP contribution >= 0.6 is 58.0 Å². The van der Waals surface area contributed by atoms with Crippen molar-refractivity contribution in [1.29, 1.82) is 0 Å². The van der Waals surface area contributed by atoms with E-state index >= 15 is 0 Å². The summed E-state index contributed by atoms with van der Waals surface area (Å²) in [7, 11) is -9.33. The molecule has 0 amide bonds. The minimum absolute atomic E-state index is 0.200. The van der Waals surface area contributed by atoms with Gasteiger partial charge in [0.05, 0.1) is 21.2 Å². The zero-order valence-corrected chi connectivity index (χ0v) is 26.3. The Hall–Kier alpha value is 0.770. The Bertz CT molecular complexity index is 842. The number of halogens is 5. The molecule has 15 heteroatoms. The quantitative estimate of drug-likeness (QED) is 0.0484. The number of alkyl halides is 4. The summed E-state index contributed by atoms with van der Waals surface area (Å²) in [5.41, 5.74) is 0. The van der Waals surface area contributed by atoms with E-state index in [9.17, 15) is 21.4 Å². The van der Waals surface area contributed by atoms with Crippen molar-refractivity contribution in [3.8, 4) is 0 Å². The lowest BCUT2D eigenvalue weighted by atomic mass is 10.00. The van der Waals surface area contributed by atoms with E-state index in [1.807, 2.05) is 0 Å². The third-order valence-corrected chi connectivity index (χ3v) is 8.62. The molecule has 8 nitrogen and oxygen atoms in total. The van der Waals surface area contributed by atoms with Crippen molar-refractivity contribution in [2.75, 3.05) is 0 Å². The molecule has 0 saturated heterocycles. The summed E-state index contributed by atoms with van der Waals surface area (Å²) >= 11 is 31.5. The van der Waals surface area contributed by atoms with E-state index in [1.165, 1.54) is 0 Å². The normalized spacial score (nSPS) is 17.2. The second-order valence-corrected chi connectivity index (χ2v) is 13.7. The SMILES string of the molecule is CCCCCCC(Cl)C(Cl)C(OS(=O)(=O)O)C(Cl)CC(Cl)CCCCCCCC/C(Cl)=C\OS(=O)(=O)O. The van der Waals surface area contributed by atoms with Crippen LogP contribution in [0.4, 0.5) is 0 Å². The van der Waals surface area contributed by atoms with Gasteiger partial charge in [0.2, 0.25) is 0 Å². The largest absolute Gasteiger partial charge is 0.445 e. The van der Waals surface area contributed by atoms with Gasteiger partial charge in [-0.05, 0) is 32.1 Å². The van der Waals surface area contributed by atoms with Crippen LogP contribution in [0.15, 0.2) is 11.3 Å². The molecular formula is C22H39Cl5O8S2. The van der Waals surface area contributed by atoms with Crippen molar-refractivity contribution >= 4 is 78.8 Å². The van der Waals surface area contributed by atoms with Gasteiger partial charge in [-0.15, -0.1) is 46.4 Å². The molecule has 0 rings (SSSR count). The maximum absolute atomic E-state index is 11.4. The van der Waals surface area contributed by atoms with Crippen molar-refractivity contribution in [3.63, 3.8) is 0 Å². The lowest BCUT2D eigenvalue weighted by molar-refractivity contribution is 0.165. The minimum Gasteiger partial charge on any atom is -0.369 e. The molecule has 0 spiro atoms. The number of allylic oxidation sites excluding steroid dienone is 1. The van der Waals surface area contributed by atoms with Crippen LogP contribution < -0.4 is 0 Å². The summed E-state index contributed by atoms with van der Waals surface area (Å²) in [6, 6.07) is 0. The topological polar surface area (TPSA) is 127 Å². The Balaban J connectivity index is 4.39. The average molecular weight is 673 g/mol. The standard InChI is InChI=1S/C22H39Cl5O8S2/c1-2-3-4-11-14-19(25)21(27)22(35-37(31,32)33)20(26)15-17(23)12-9-7-5-6-8-10-13-18(24)16-34-36(28,29)30/h16-17,19-22H,2-15H2,1H3,(H,28,29,30)(H,31,32,33)/b18-16+. The summed E-state index contributed by atoms with van der Waals surface area (Å²) in [4.78, 5) is 0. The van der Waals surface area contributed by atoms with Gasteiger partial charge in [-0.1, -0.05) is 76.3 Å². The molecule has 0 aliphatic heterocycles. The van der Waals surface area contributed by atoms with Gasteiger partial charge in [0, 0.05) is 5.38 Å². The summed E-state index contributed by atoms with van der Waals surface area (Å²) in [6.07, 6.45) is 10.7. The molecule has 0 aliphatic rings. The third kappa shape index (κ3) is 22.2. The first-order valence-electron chi connectivity index (χ1n) is 12.4. The van der Waals surface area contributed by atoms with Crippen LogP contribution in [-0.2, 0) is 29.2 Å². The second-order valence-electron chi connectivity index (χ2n) is 8.90. The lowest BCUT2D eigenvalue weighted by Crippen LogP contribution is -2.41. The molecule has 0 saturated carbocycles. The van der Waals surface area contributed by atoms with Gasteiger partial charge in [0.25, 0.3) is 0 Å². The first-order valence-corrected chi connectivity index (χ1v) is 17.2. The van der Waals surface area contributed by atoms with Gasteiger partial charge >= 0.3 is 20.8 Å². The van der Waals surface area contributed by atoms with Crippen molar-refractivity contribution < 1.29 is 34.3 Å². The highest BCUT2D eigenvalue weighted by atomic mass is 35.5. The van der Waals surface area contributed by atoms with Crippen LogP contribution in [0.2, 0.25) is 0 Å². The Morgan fingerprint density at radius 2 is 1.32 bits per heavy atom. The van der Waals surface area contributed by atoms with Gasteiger partial charge in [0.1, 0.15) is 12.4 Å². The molecule has 2 N–H and O–H groups in total. The molecule has 0 heterocycles. The smallest absolute Gasteiger partial charge is 0.369 e. The molecule has 0 aliphatic carbocycles. The molecule has 5 unspecified atom stereocenters.